The molecular weight excluding hydrogens is 272 g/mol. The number of nitrogens with zero attached hydrogens (tertiary/aromatic N) is 1. The first kappa shape index (κ1) is 13.5. The highest BCUT2D eigenvalue weighted by Crippen LogP contribution is 2.26. The molecule has 0 unspecified atom stereocenters. The molecule has 18 heavy (non-hydrogen) atoms. The summed E-state index contributed by atoms with van der Waals surface area (Å²) in [6, 6.07) is 3.32. The van der Waals surface area contributed by atoms with Gasteiger partial charge in [0.15, 0.2) is 0 Å². The van der Waals surface area contributed by atoms with Crippen molar-refractivity contribution in [1.82, 2.24) is 9.62 Å². The molecule has 100 valence electrons. The van der Waals surface area contributed by atoms with Gasteiger partial charge in [-0.3, -0.25) is 4.79 Å². The molecule has 0 saturated carbocycles. The molecule has 0 bridgehead atoms. The highest BCUT2D eigenvalue weighted by Gasteiger charge is 2.33. The van der Waals surface area contributed by atoms with Crippen LogP contribution in [0.1, 0.15) is 12.8 Å². The number of piperidine rings is 1. The molecule has 1 aromatic rings. The molecule has 2 heterocycles. The standard InChI is InChI=1S/C11H16N2O3S2/c1-12-11(14)9-4-2-6-13(8-9)18(15,16)10-5-3-7-17-10/h3,5,7,9H,2,4,6,8H2,1H3,(H,12,14)/t9-/m0/s1. The molecule has 0 spiro atoms. The fourth-order valence-corrected chi connectivity index (χ4v) is 4.78. The molecule has 0 aromatic carbocycles. The maximum Gasteiger partial charge on any atom is 0.252 e. The van der Waals surface area contributed by atoms with Crippen LogP contribution in [0.3, 0.4) is 0 Å². The van der Waals surface area contributed by atoms with E-state index in [2.05, 4.69) is 5.32 Å². The molecule has 1 aromatic heterocycles. The first-order chi connectivity index (χ1) is 8.55. The Bertz CT molecular complexity index is 510. The molecule has 0 aliphatic carbocycles. The lowest BCUT2D eigenvalue weighted by molar-refractivity contribution is -0.125. The average Bonchev–Trinajstić information content (AvgIpc) is 2.92. The largest absolute Gasteiger partial charge is 0.359 e. The van der Waals surface area contributed by atoms with Crippen molar-refractivity contribution in [2.24, 2.45) is 5.92 Å². The molecule has 1 aliphatic heterocycles. The lowest BCUT2D eigenvalue weighted by Crippen LogP contribution is -2.44. The monoisotopic (exact) mass is 288 g/mol. The van der Waals surface area contributed by atoms with Crippen molar-refractivity contribution in [3.63, 3.8) is 0 Å². The minimum atomic E-state index is -3.42. The Labute approximate surface area is 111 Å². The van der Waals surface area contributed by atoms with Gasteiger partial charge in [-0.2, -0.15) is 4.31 Å². The SMILES string of the molecule is CNC(=O)[C@H]1CCCN(S(=O)(=O)c2cccs2)C1. The molecule has 1 saturated heterocycles. The van der Waals surface area contributed by atoms with Crippen LogP contribution in [0.5, 0.6) is 0 Å². The number of hydrogen-bond acceptors (Lipinski definition) is 4. The third kappa shape index (κ3) is 2.57. The average molecular weight is 288 g/mol. The Morgan fingerprint density at radius 1 is 1.56 bits per heavy atom. The number of hydrogen-bond donors (Lipinski definition) is 1. The maximum absolute atomic E-state index is 12.3. The quantitative estimate of drug-likeness (QED) is 0.898. The highest BCUT2D eigenvalue weighted by atomic mass is 32.2. The second-order valence-corrected chi connectivity index (χ2v) is 7.36. The predicted molar refractivity (Wildman–Crippen MR) is 69.9 cm³/mol. The lowest BCUT2D eigenvalue weighted by Gasteiger charge is -2.30. The number of nitrogens with one attached hydrogen (secondary N) is 1. The van der Waals surface area contributed by atoms with Crippen molar-refractivity contribution in [2.45, 2.75) is 17.1 Å². The Morgan fingerprint density at radius 3 is 2.94 bits per heavy atom. The Hall–Kier alpha value is -0.920. The summed E-state index contributed by atoms with van der Waals surface area (Å²) in [6.07, 6.45) is 1.47. The van der Waals surface area contributed by atoms with Crippen molar-refractivity contribution in [3.05, 3.63) is 17.5 Å². The van der Waals surface area contributed by atoms with Gasteiger partial charge in [0.05, 0.1) is 5.92 Å². The van der Waals surface area contributed by atoms with E-state index < -0.39 is 10.0 Å². The first-order valence-corrected chi connectivity index (χ1v) is 8.13. The van der Waals surface area contributed by atoms with E-state index in [0.29, 0.717) is 10.8 Å². The smallest absolute Gasteiger partial charge is 0.252 e. The Morgan fingerprint density at radius 2 is 2.33 bits per heavy atom. The molecule has 1 amide bonds. The number of rotatable bonds is 3. The minimum absolute atomic E-state index is 0.0823. The van der Waals surface area contributed by atoms with Gasteiger partial charge in [0.25, 0.3) is 10.0 Å². The first-order valence-electron chi connectivity index (χ1n) is 5.81. The van der Waals surface area contributed by atoms with E-state index in [1.54, 1.807) is 24.6 Å². The minimum Gasteiger partial charge on any atom is -0.359 e. The van der Waals surface area contributed by atoms with Gasteiger partial charge in [-0.25, -0.2) is 8.42 Å². The molecule has 1 N–H and O–H groups in total. The summed E-state index contributed by atoms with van der Waals surface area (Å²) in [5, 5.41) is 4.33. The van der Waals surface area contributed by atoms with Crippen LogP contribution in [0.2, 0.25) is 0 Å². The van der Waals surface area contributed by atoms with Gasteiger partial charge >= 0.3 is 0 Å². The second kappa shape index (κ2) is 5.38. The number of carbonyl (C=O) groups is 1. The van der Waals surface area contributed by atoms with E-state index in [1.165, 1.54) is 15.6 Å². The maximum atomic E-state index is 12.3. The third-order valence-corrected chi connectivity index (χ3v) is 6.33. The summed E-state index contributed by atoms with van der Waals surface area (Å²) in [4.78, 5) is 11.6. The van der Waals surface area contributed by atoms with Crippen molar-refractivity contribution in [3.8, 4) is 0 Å². The van der Waals surface area contributed by atoms with Crippen LogP contribution in [-0.2, 0) is 14.8 Å². The summed E-state index contributed by atoms with van der Waals surface area (Å²) >= 11 is 1.21. The highest BCUT2D eigenvalue weighted by molar-refractivity contribution is 7.91. The van der Waals surface area contributed by atoms with Gasteiger partial charge < -0.3 is 5.32 Å². The number of carbonyl (C=O) groups excluding carboxylic acids is 1. The number of thiophene rings is 1. The van der Waals surface area contributed by atoms with E-state index >= 15 is 0 Å². The van der Waals surface area contributed by atoms with E-state index in [4.69, 9.17) is 0 Å². The molecule has 1 atom stereocenters. The van der Waals surface area contributed by atoms with Crippen LogP contribution in [0.15, 0.2) is 21.7 Å². The van der Waals surface area contributed by atoms with Gasteiger partial charge in [0, 0.05) is 20.1 Å². The molecule has 0 radical (unpaired) electrons. The van der Waals surface area contributed by atoms with Crippen LogP contribution < -0.4 is 5.32 Å². The summed E-state index contributed by atoms with van der Waals surface area (Å²) in [5.41, 5.74) is 0. The summed E-state index contributed by atoms with van der Waals surface area (Å²) in [6.45, 7) is 0.771. The molecule has 7 heteroatoms. The fraction of sp³-hybridized carbons (Fsp3) is 0.545. The molecule has 1 fully saturated rings. The zero-order chi connectivity index (χ0) is 13.2. The molecule has 5 nitrogen and oxygen atoms in total. The van der Waals surface area contributed by atoms with Crippen LogP contribution in [0, 0.1) is 5.92 Å². The van der Waals surface area contributed by atoms with Gasteiger partial charge in [-0.1, -0.05) is 6.07 Å². The van der Waals surface area contributed by atoms with E-state index in [9.17, 15) is 13.2 Å². The summed E-state index contributed by atoms with van der Waals surface area (Å²) in [7, 11) is -1.84. The Balaban J connectivity index is 2.17. The zero-order valence-electron chi connectivity index (χ0n) is 10.1. The lowest BCUT2D eigenvalue weighted by atomic mass is 9.99. The van der Waals surface area contributed by atoms with Gasteiger partial charge in [0.1, 0.15) is 4.21 Å². The van der Waals surface area contributed by atoms with Crippen molar-refractivity contribution < 1.29 is 13.2 Å². The van der Waals surface area contributed by atoms with Gasteiger partial charge in [-0.05, 0) is 24.3 Å². The molecular formula is C11H16N2O3S2. The second-order valence-electron chi connectivity index (χ2n) is 4.25. The van der Waals surface area contributed by atoms with Crippen molar-refractivity contribution in [1.29, 1.82) is 0 Å². The van der Waals surface area contributed by atoms with Crippen LogP contribution >= 0.6 is 11.3 Å². The van der Waals surface area contributed by atoms with Crippen molar-refractivity contribution >= 4 is 27.3 Å². The fourth-order valence-electron chi connectivity index (χ4n) is 2.12. The molecule has 2 rings (SSSR count). The van der Waals surface area contributed by atoms with Crippen LogP contribution in [0.4, 0.5) is 0 Å². The summed E-state index contributed by atoms with van der Waals surface area (Å²) < 4.78 is 26.4. The van der Waals surface area contributed by atoms with Crippen molar-refractivity contribution in [2.75, 3.05) is 20.1 Å². The van der Waals surface area contributed by atoms with Crippen LogP contribution in [0.25, 0.3) is 0 Å². The zero-order valence-corrected chi connectivity index (χ0v) is 11.8. The predicted octanol–water partition coefficient (Wildman–Crippen LogP) is 0.895. The molecule has 1 aliphatic rings. The normalized spacial score (nSPS) is 21.7. The van der Waals surface area contributed by atoms with E-state index in [-0.39, 0.29) is 18.4 Å². The van der Waals surface area contributed by atoms with E-state index in [1.807, 2.05) is 0 Å². The van der Waals surface area contributed by atoms with Crippen LogP contribution in [-0.4, -0.2) is 38.8 Å². The van der Waals surface area contributed by atoms with Gasteiger partial charge in [-0.15, -0.1) is 11.3 Å². The number of sulfonamides is 1. The van der Waals surface area contributed by atoms with E-state index in [0.717, 1.165) is 12.8 Å². The summed E-state index contributed by atoms with van der Waals surface area (Å²) in [5.74, 6) is -0.320. The van der Waals surface area contributed by atoms with Gasteiger partial charge in [0.2, 0.25) is 5.91 Å². The topological polar surface area (TPSA) is 66.5 Å². The number of amides is 1. The third-order valence-electron chi connectivity index (χ3n) is 3.09. The Kier molecular flexibility index (Phi) is 4.04.